The maximum Gasteiger partial charge on any atom is 0.0948 e. The lowest BCUT2D eigenvalue weighted by Gasteiger charge is -2.08. The summed E-state index contributed by atoms with van der Waals surface area (Å²) in [5.74, 6) is 0. The van der Waals surface area contributed by atoms with Gasteiger partial charge < -0.3 is 9.13 Å². The van der Waals surface area contributed by atoms with Crippen LogP contribution in [0.2, 0.25) is 0 Å². The van der Waals surface area contributed by atoms with Crippen molar-refractivity contribution >= 4 is 26.8 Å². The molecule has 0 atom stereocenters. The second-order valence-corrected chi connectivity index (χ2v) is 5.14. The second-order valence-electron chi connectivity index (χ2n) is 4.29. The summed E-state index contributed by atoms with van der Waals surface area (Å²) in [6.45, 7) is 3.95. The fraction of sp³-hybridized carbons (Fsp3) is 0.214. The standard InChI is InChI=1S/C14H14BrN3/c1-2-17-10-16-8-11(17)9-18-7-6-12-13(15)4-3-5-14(12)18/h3-8,10H,2,9H2,1H3. The molecule has 3 rings (SSSR count). The molecule has 0 aliphatic rings. The van der Waals surface area contributed by atoms with Gasteiger partial charge in [0.05, 0.1) is 18.6 Å². The molecule has 0 bridgehead atoms. The van der Waals surface area contributed by atoms with Gasteiger partial charge in [0.1, 0.15) is 0 Å². The highest BCUT2D eigenvalue weighted by molar-refractivity contribution is 9.10. The van der Waals surface area contributed by atoms with Gasteiger partial charge in [0.2, 0.25) is 0 Å². The first-order valence-corrected chi connectivity index (χ1v) is 6.81. The van der Waals surface area contributed by atoms with Gasteiger partial charge in [-0.1, -0.05) is 22.0 Å². The molecule has 3 aromatic rings. The molecule has 0 aliphatic heterocycles. The quantitative estimate of drug-likeness (QED) is 0.724. The molecular weight excluding hydrogens is 290 g/mol. The number of hydrogen-bond acceptors (Lipinski definition) is 1. The first kappa shape index (κ1) is 11.5. The Balaban J connectivity index is 2.03. The van der Waals surface area contributed by atoms with E-state index in [1.807, 2.05) is 12.5 Å². The van der Waals surface area contributed by atoms with E-state index in [2.05, 4.69) is 67.4 Å². The fourth-order valence-electron chi connectivity index (χ4n) is 2.26. The van der Waals surface area contributed by atoms with E-state index in [1.54, 1.807) is 0 Å². The van der Waals surface area contributed by atoms with Crippen LogP contribution < -0.4 is 0 Å². The molecule has 3 nitrogen and oxygen atoms in total. The minimum absolute atomic E-state index is 0.855. The molecule has 18 heavy (non-hydrogen) atoms. The van der Waals surface area contributed by atoms with Crippen molar-refractivity contribution in [2.24, 2.45) is 0 Å². The average Bonchev–Trinajstić information content (AvgIpc) is 2.98. The molecule has 0 saturated carbocycles. The fourth-order valence-corrected chi connectivity index (χ4v) is 2.75. The molecule has 0 aliphatic carbocycles. The molecule has 0 amide bonds. The molecule has 0 saturated heterocycles. The van der Waals surface area contributed by atoms with Gasteiger partial charge in [0.25, 0.3) is 0 Å². The van der Waals surface area contributed by atoms with E-state index in [1.165, 1.54) is 16.6 Å². The van der Waals surface area contributed by atoms with Crippen LogP contribution in [0.5, 0.6) is 0 Å². The molecule has 2 heterocycles. The molecule has 2 aromatic heterocycles. The zero-order valence-electron chi connectivity index (χ0n) is 10.2. The van der Waals surface area contributed by atoms with Gasteiger partial charge in [-0.3, -0.25) is 0 Å². The van der Waals surface area contributed by atoms with Crippen molar-refractivity contribution in [3.63, 3.8) is 0 Å². The largest absolute Gasteiger partial charge is 0.341 e. The highest BCUT2D eigenvalue weighted by atomic mass is 79.9. The van der Waals surface area contributed by atoms with E-state index in [4.69, 9.17) is 0 Å². The van der Waals surface area contributed by atoms with E-state index in [0.717, 1.165) is 17.6 Å². The van der Waals surface area contributed by atoms with Crippen LogP contribution in [0.15, 0.2) is 47.5 Å². The normalized spacial score (nSPS) is 11.2. The summed E-state index contributed by atoms with van der Waals surface area (Å²) in [6, 6.07) is 8.43. The first-order chi connectivity index (χ1) is 8.79. The maximum atomic E-state index is 4.21. The highest BCUT2D eigenvalue weighted by Crippen LogP contribution is 2.25. The van der Waals surface area contributed by atoms with Gasteiger partial charge in [-0.25, -0.2) is 4.98 Å². The molecule has 4 heteroatoms. The Hall–Kier alpha value is -1.55. The number of imidazole rings is 1. The van der Waals surface area contributed by atoms with Gasteiger partial charge in [-0.2, -0.15) is 0 Å². The summed E-state index contributed by atoms with van der Waals surface area (Å²) >= 11 is 3.59. The van der Waals surface area contributed by atoms with Crippen molar-refractivity contribution in [2.45, 2.75) is 20.0 Å². The van der Waals surface area contributed by atoms with Gasteiger partial charge in [-0.15, -0.1) is 0 Å². The first-order valence-electron chi connectivity index (χ1n) is 6.02. The van der Waals surface area contributed by atoms with Crippen molar-refractivity contribution in [3.8, 4) is 0 Å². The smallest absolute Gasteiger partial charge is 0.0948 e. The Morgan fingerprint density at radius 2 is 2.11 bits per heavy atom. The number of halogens is 1. The third kappa shape index (κ3) is 1.86. The number of aryl methyl sites for hydroxylation is 1. The summed E-state index contributed by atoms with van der Waals surface area (Å²) in [5.41, 5.74) is 2.48. The average molecular weight is 304 g/mol. The summed E-state index contributed by atoms with van der Waals surface area (Å²) in [4.78, 5) is 4.21. The molecule has 1 aromatic carbocycles. The topological polar surface area (TPSA) is 22.8 Å². The highest BCUT2D eigenvalue weighted by Gasteiger charge is 2.06. The zero-order valence-corrected chi connectivity index (χ0v) is 11.8. The van der Waals surface area contributed by atoms with E-state index in [9.17, 15) is 0 Å². The van der Waals surface area contributed by atoms with Gasteiger partial charge in [0.15, 0.2) is 0 Å². The van der Waals surface area contributed by atoms with Crippen molar-refractivity contribution in [1.82, 2.24) is 14.1 Å². The Morgan fingerprint density at radius 1 is 1.22 bits per heavy atom. The van der Waals surface area contributed by atoms with Gasteiger partial charge in [-0.05, 0) is 25.1 Å². The third-order valence-electron chi connectivity index (χ3n) is 3.23. The molecule has 0 unspecified atom stereocenters. The van der Waals surface area contributed by atoms with Crippen molar-refractivity contribution in [1.29, 1.82) is 0 Å². The van der Waals surface area contributed by atoms with Crippen LogP contribution in [-0.2, 0) is 13.1 Å². The minimum Gasteiger partial charge on any atom is -0.341 e. The lowest BCUT2D eigenvalue weighted by Crippen LogP contribution is -2.04. The summed E-state index contributed by atoms with van der Waals surface area (Å²) in [6.07, 6.45) is 5.95. The molecule has 0 radical (unpaired) electrons. The Bertz CT molecular complexity index is 681. The molecular formula is C14H14BrN3. The van der Waals surface area contributed by atoms with E-state index >= 15 is 0 Å². The number of fused-ring (bicyclic) bond motifs is 1. The lowest BCUT2D eigenvalue weighted by atomic mass is 10.2. The molecule has 0 N–H and O–H groups in total. The van der Waals surface area contributed by atoms with Crippen LogP contribution >= 0.6 is 15.9 Å². The summed E-state index contributed by atoms with van der Waals surface area (Å²) < 4.78 is 5.57. The number of hydrogen-bond donors (Lipinski definition) is 0. The van der Waals surface area contributed by atoms with Crippen molar-refractivity contribution in [3.05, 3.63) is 53.2 Å². The SMILES string of the molecule is CCn1cncc1Cn1ccc2c(Br)cccc21. The van der Waals surface area contributed by atoms with Crippen LogP contribution in [0.25, 0.3) is 10.9 Å². The van der Waals surface area contributed by atoms with Crippen molar-refractivity contribution < 1.29 is 0 Å². The predicted octanol–water partition coefficient (Wildman–Crippen LogP) is 3.67. The van der Waals surface area contributed by atoms with E-state index < -0.39 is 0 Å². The Labute approximate surface area is 114 Å². The lowest BCUT2D eigenvalue weighted by molar-refractivity contribution is 0.679. The number of benzene rings is 1. The molecule has 0 fully saturated rings. The maximum absolute atomic E-state index is 4.21. The van der Waals surface area contributed by atoms with Crippen LogP contribution in [0.1, 0.15) is 12.6 Å². The monoisotopic (exact) mass is 303 g/mol. The third-order valence-corrected chi connectivity index (χ3v) is 3.92. The number of aromatic nitrogens is 3. The zero-order chi connectivity index (χ0) is 12.5. The number of nitrogens with zero attached hydrogens (tertiary/aromatic N) is 3. The number of rotatable bonds is 3. The minimum atomic E-state index is 0.855. The summed E-state index contributed by atoms with van der Waals surface area (Å²) in [5, 5.41) is 1.25. The van der Waals surface area contributed by atoms with Crippen molar-refractivity contribution in [2.75, 3.05) is 0 Å². The van der Waals surface area contributed by atoms with Crippen LogP contribution in [0.4, 0.5) is 0 Å². The Kier molecular flexibility index (Phi) is 2.96. The van der Waals surface area contributed by atoms with Crippen LogP contribution in [0, 0.1) is 0 Å². The predicted molar refractivity (Wildman–Crippen MR) is 76.6 cm³/mol. The van der Waals surface area contributed by atoms with E-state index in [-0.39, 0.29) is 0 Å². The van der Waals surface area contributed by atoms with E-state index in [0.29, 0.717) is 0 Å². The van der Waals surface area contributed by atoms with Crippen LogP contribution in [0.3, 0.4) is 0 Å². The Morgan fingerprint density at radius 3 is 2.94 bits per heavy atom. The summed E-state index contributed by atoms with van der Waals surface area (Å²) in [7, 11) is 0. The molecule has 0 spiro atoms. The molecule has 92 valence electrons. The van der Waals surface area contributed by atoms with Gasteiger partial charge in [0, 0.05) is 34.3 Å². The van der Waals surface area contributed by atoms with Gasteiger partial charge >= 0.3 is 0 Å². The second kappa shape index (κ2) is 4.61. The van der Waals surface area contributed by atoms with Crippen LogP contribution in [-0.4, -0.2) is 14.1 Å².